The molecule has 2 amide bonds. The summed E-state index contributed by atoms with van der Waals surface area (Å²) in [5.74, 6) is 0. The van der Waals surface area contributed by atoms with Crippen molar-refractivity contribution in [1.29, 1.82) is 0 Å². The number of amides is 2. The quantitative estimate of drug-likeness (QED) is 0.854. The molecular weight excluding hydrogens is 360 g/mol. The summed E-state index contributed by atoms with van der Waals surface area (Å²) in [6.45, 7) is 10.9. The van der Waals surface area contributed by atoms with E-state index in [1.807, 2.05) is 11.0 Å². The van der Waals surface area contributed by atoms with Gasteiger partial charge in [0.2, 0.25) is 0 Å². The van der Waals surface area contributed by atoms with E-state index in [0.717, 1.165) is 44.0 Å². The highest BCUT2D eigenvalue weighted by Gasteiger charge is 2.30. The van der Waals surface area contributed by atoms with Gasteiger partial charge in [-0.3, -0.25) is 9.80 Å². The van der Waals surface area contributed by atoms with Gasteiger partial charge < -0.3 is 10.2 Å². The van der Waals surface area contributed by atoms with Crippen LogP contribution in [0, 0.1) is 6.92 Å². The Kier molecular flexibility index (Phi) is 5.76. The minimum Gasteiger partial charge on any atom is -0.364 e. The fraction of sp³-hybridized carbons (Fsp3) is 0.458. The SMILES string of the molecule is Cc1ccc(CN2CCN(C(=O)N[C@@H]3CCN(C(C)C)C3)c3ccccc32)cc1. The number of anilines is 2. The van der Waals surface area contributed by atoms with Crippen molar-refractivity contribution < 1.29 is 4.79 Å². The van der Waals surface area contributed by atoms with Gasteiger partial charge in [-0.2, -0.15) is 0 Å². The van der Waals surface area contributed by atoms with Crippen LogP contribution in [0.15, 0.2) is 48.5 Å². The van der Waals surface area contributed by atoms with Crippen molar-refractivity contribution in [3.63, 3.8) is 0 Å². The molecule has 2 heterocycles. The Bertz CT molecular complexity index is 848. The largest absolute Gasteiger partial charge is 0.364 e. The summed E-state index contributed by atoms with van der Waals surface area (Å²) in [5, 5.41) is 3.27. The number of hydrogen-bond acceptors (Lipinski definition) is 3. The molecule has 2 aliphatic heterocycles. The number of nitrogens with zero attached hydrogens (tertiary/aromatic N) is 3. The molecular formula is C24H32N4O. The van der Waals surface area contributed by atoms with Crippen LogP contribution in [-0.2, 0) is 6.54 Å². The molecule has 0 bridgehead atoms. The summed E-state index contributed by atoms with van der Waals surface area (Å²) in [4.78, 5) is 19.8. The topological polar surface area (TPSA) is 38.8 Å². The highest BCUT2D eigenvalue weighted by atomic mass is 16.2. The summed E-state index contributed by atoms with van der Waals surface area (Å²) in [6.07, 6.45) is 1.03. The maximum absolute atomic E-state index is 13.1. The third-order valence-electron chi connectivity index (χ3n) is 6.12. The first-order chi connectivity index (χ1) is 14.0. The van der Waals surface area contributed by atoms with Crippen molar-refractivity contribution >= 4 is 17.4 Å². The average Bonchev–Trinajstić information content (AvgIpc) is 3.18. The minimum atomic E-state index is 0.0306. The molecule has 0 aliphatic carbocycles. The molecule has 5 nitrogen and oxygen atoms in total. The highest BCUT2D eigenvalue weighted by molar-refractivity contribution is 5.97. The lowest BCUT2D eigenvalue weighted by Crippen LogP contribution is -2.51. The van der Waals surface area contributed by atoms with E-state index in [4.69, 9.17) is 0 Å². The second kappa shape index (κ2) is 8.46. The van der Waals surface area contributed by atoms with Crippen molar-refractivity contribution in [3.8, 4) is 0 Å². The molecule has 2 aromatic rings. The van der Waals surface area contributed by atoms with E-state index in [0.29, 0.717) is 12.6 Å². The van der Waals surface area contributed by atoms with E-state index in [9.17, 15) is 4.79 Å². The van der Waals surface area contributed by atoms with Gasteiger partial charge in [-0.25, -0.2) is 4.79 Å². The third kappa shape index (κ3) is 4.40. The second-order valence-electron chi connectivity index (χ2n) is 8.57. The lowest BCUT2D eigenvalue weighted by atomic mass is 10.1. The maximum atomic E-state index is 13.1. The van der Waals surface area contributed by atoms with Gasteiger partial charge >= 0.3 is 6.03 Å². The highest BCUT2D eigenvalue weighted by Crippen LogP contribution is 2.34. The third-order valence-corrected chi connectivity index (χ3v) is 6.12. The van der Waals surface area contributed by atoms with Crippen LogP contribution in [-0.4, -0.2) is 49.2 Å². The van der Waals surface area contributed by atoms with Gasteiger partial charge in [0, 0.05) is 44.8 Å². The fourth-order valence-corrected chi connectivity index (χ4v) is 4.34. The zero-order chi connectivity index (χ0) is 20.4. The van der Waals surface area contributed by atoms with Crippen LogP contribution in [0.5, 0.6) is 0 Å². The number of benzene rings is 2. The Hall–Kier alpha value is -2.53. The number of likely N-dealkylation sites (tertiary alicyclic amines) is 1. The van der Waals surface area contributed by atoms with Crippen LogP contribution in [0.25, 0.3) is 0 Å². The zero-order valence-corrected chi connectivity index (χ0v) is 17.8. The fourth-order valence-electron chi connectivity index (χ4n) is 4.34. The van der Waals surface area contributed by atoms with Crippen molar-refractivity contribution in [2.24, 2.45) is 0 Å². The van der Waals surface area contributed by atoms with E-state index >= 15 is 0 Å². The molecule has 0 radical (unpaired) electrons. The molecule has 2 aliphatic rings. The maximum Gasteiger partial charge on any atom is 0.322 e. The number of nitrogens with one attached hydrogen (secondary N) is 1. The Labute approximate surface area is 174 Å². The normalized spacial score (nSPS) is 19.5. The van der Waals surface area contributed by atoms with Crippen molar-refractivity contribution in [2.45, 2.75) is 45.8 Å². The lowest BCUT2D eigenvalue weighted by molar-refractivity contribution is 0.238. The summed E-state index contributed by atoms with van der Waals surface area (Å²) in [6, 6.07) is 17.8. The summed E-state index contributed by atoms with van der Waals surface area (Å²) >= 11 is 0. The predicted molar refractivity (Wildman–Crippen MR) is 120 cm³/mol. The number of para-hydroxylation sites is 2. The molecule has 1 atom stereocenters. The molecule has 0 aromatic heterocycles. The molecule has 154 valence electrons. The van der Waals surface area contributed by atoms with Gasteiger partial charge in [-0.05, 0) is 44.9 Å². The first-order valence-corrected chi connectivity index (χ1v) is 10.7. The van der Waals surface area contributed by atoms with Crippen molar-refractivity contribution in [3.05, 3.63) is 59.7 Å². The number of urea groups is 1. The molecule has 2 aromatic carbocycles. The molecule has 0 spiro atoms. The molecule has 5 heteroatoms. The first-order valence-electron chi connectivity index (χ1n) is 10.7. The predicted octanol–water partition coefficient (Wildman–Crippen LogP) is 4.01. The number of fused-ring (bicyclic) bond motifs is 1. The molecule has 1 fully saturated rings. The van der Waals surface area contributed by atoms with Crippen LogP contribution in [0.4, 0.5) is 16.2 Å². The van der Waals surface area contributed by atoms with Gasteiger partial charge in [0.1, 0.15) is 0 Å². The summed E-state index contributed by atoms with van der Waals surface area (Å²) < 4.78 is 0. The zero-order valence-electron chi connectivity index (χ0n) is 17.8. The smallest absolute Gasteiger partial charge is 0.322 e. The van der Waals surface area contributed by atoms with Crippen molar-refractivity contribution in [2.75, 3.05) is 36.0 Å². The van der Waals surface area contributed by atoms with Crippen molar-refractivity contribution in [1.82, 2.24) is 10.2 Å². The van der Waals surface area contributed by atoms with Gasteiger partial charge in [0.15, 0.2) is 0 Å². The molecule has 29 heavy (non-hydrogen) atoms. The van der Waals surface area contributed by atoms with Gasteiger partial charge in [-0.15, -0.1) is 0 Å². The monoisotopic (exact) mass is 392 g/mol. The summed E-state index contributed by atoms with van der Waals surface area (Å²) in [7, 11) is 0. The van der Waals surface area contributed by atoms with Crippen LogP contribution in [0.3, 0.4) is 0 Å². The number of rotatable bonds is 4. The molecule has 1 N–H and O–H groups in total. The number of carbonyl (C=O) groups excluding carboxylic acids is 1. The molecule has 0 unspecified atom stereocenters. The molecule has 1 saturated heterocycles. The minimum absolute atomic E-state index is 0.0306. The lowest BCUT2D eigenvalue weighted by Gasteiger charge is -2.38. The average molecular weight is 393 g/mol. The van der Waals surface area contributed by atoms with E-state index in [2.05, 4.69) is 78.4 Å². The van der Waals surface area contributed by atoms with E-state index in [-0.39, 0.29) is 12.1 Å². The van der Waals surface area contributed by atoms with E-state index in [1.165, 1.54) is 11.1 Å². The van der Waals surface area contributed by atoms with Gasteiger partial charge in [-0.1, -0.05) is 42.0 Å². The number of carbonyl (C=O) groups is 1. The van der Waals surface area contributed by atoms with Crippen LogP contribution < -0.4 is 15.1 Å². The molecule has 4 rings (SSSR count). The van der Waals surface area contributed by atoms with Crippen LogP contribution >= 0.6 is 0 Å². The van der Waals surface area contributed by atoms with Crippen LogP contribution in [0.2, 0.25) is 0 Å². The first kappa shape index (κ1) is 19.8. The van der Waals surface area contributed by atoms with Gasteiger partial charge in [0.25, 0.3) is 0 Å². The number of hydrogen-bond donors (Lipinski definition) is 1. The van der Waals surface area contributed by atoms with E-state index < -0.39 is 0 Å². The van der Waals surface area contributed by atoms with E-state index in [1.54, 1.807) is 0 Å². The van der Waals surface area contributed by atoms with Crippen LogP contribution in [0.1, 0.15) is 31.4 Å². The number of aryl methyl sites for hydroxylation is 1. The Morgan fingerprint density at radius 1 is 1.03 bits per heavy atom. The van der Waals surface area contributed by atoms with Gasteiger partial charge in [0.05, 0.1) is 11.4 Å². The Morgan fingerprint density at radius 2 is 1.76 bits per heavy atom. The summed E-state index contributed by atoms with van der Waals surface area (Å²) in [5.41, 5.74) is 4.70. The molecule has 0 saturated carbocycles. The second-order valence-corrected chi connectivity index (χ2v) is 8.57. The standard InChI is InChI=1S/C24H32N4O/c1-18(2)26-13-12-21(17-26)25-24(29)28-15-14-27(22-6-4-5-7-23(22)28)16-20-10-8-19(3)9-11-20/h4-11,18,21H,12-17H2,1-3H3,(H,25,29)/t21-/m1/s1. The Balaban J connectivity index is 1.46. The Morgan fingerprint density at radius 3 is 2.45 bits per heavy atom.